The van der Waals surface area contributed by atoms with Crippen molar-refractivity contribution < 1.29 is 19.1 Å². The Morgan fingerprint density at radius 3 is 2.47 bits per heavy atom. The Balaban J connectivity index is 2.62. The summed E-state index contributed by atoms with van der Waals surface area (Å²) >= 11 is 0. The molecule has 6 heteroatoms. The third-order valence-corrected chi connectivity index (χ3v) is 3.49. The standard InChI is InChI=1S/C13H24N2O4/c1-9(2)15-7-10(6-12(16)18-3)5-11(8-15)14-13(17)19-4/h9-11H,5-8H2,1-4H3,(H,14,17). The van der Waals surface area contributed by atoms with E-state index in [9.17, 15) is 9.59 Å². The van der Waals surface area contributed by atoms with Crippen molar-refractivity contribution in [3.05, 3.63) is 0 Å². The van der Waals surface area contributed by atoms with Crippen LogP contribution < -0.4 is 5.32 Å². The van der Waals surface area contributed by atoms with Crippen molar-refractivity contribution in [1.82, 2.24) is 10.2 Å². The largest absolute Gasteiger partial charge is 0.469 e. The summed E-state index contributed by atoms with van der Waals surface area (Å²) in [5, 5.41) is 2.82. The van der Waals surface area contributed by atoms with Gasteiger partial charge in [0.2, 0.25) is 0 Å². The van der Waals surface area contributed by atoms with Crippen LogP contribution in [0.5, 0.6) is 0 Å². The van der Waals surface area contributed by atoms with Crippen molar-refractivity contribution in [3.63, 3.8) is 0 Å². The maximum atomic E-state index is 11.4. The number of alkyl carbamates (subject to hydrolysis) is 1. The molecule has 1 rings (SSSR count). The van der Waals surface area contributed by atoms with Gasteiger partial charge >= 0.3 is 12.1 Å². The maximum absolute atomic E-state index is 11.4. The fourth-order valence-electron chi connectivity index (χ4n) is 2.46. The second-order valence-electron chi connectivity index (χ2n) is 5.26. The maximum Gasteiger partial charge on any atom is 0.407 e. The normalized spacial score (nSPS) is 24.1. The van der Waals surface area contributed by atoms with Crippen LogP contribution in [-0.2, 0) is 14.3 Å². The van der Waals surface area contributed by atoms with Crippen LogP contribution in [0.2, 0.25) is 0 Å². The molecule has 2 unspecified atom stereocenters. The molecule has 1 N–H and O–H groups in total. The molecule has 0 aromatic rings. The number of nitrogens with zero attached hydrogens (tertiary/aromatic N) is 1. The van der Waals surface area contributed by atoms with Gasteiger partial charge in [-0.15, -0.1) is 0 Å². The van der Waals surface area contributed by atoms with Gasteiger partial charge in [0.1, 0.15) is 0 Å². The number of carbonyl (C=O) groups excluding carboxylic acids is 2. The van der Waals surface area contributed by atoms with Crippen LogP contribution in [0.4, 0.5) is 4.79 Å². The van der Waals surface area contributed by atoms with E-state index in [1.54, 1.807) is 0 Å². The van der Waals surface area contributed by atoms with Crippen molar-refractivity contribution in [3.8, 4) is 0 Å². The van der Waals surface area contributed by atoms with Crippen molar-refractivity contribution in [2.24, 2.45) is 5.92 Å². The van der Waals surface area contributed by atoms with E-state index < -0.39 is 6.09 Å². The minimum atomic E-state index is -0.424. The Labute approximate surface area is 114 Å². The van der Waals surface area contributed by atoms with Gasteiger partial charge in [0.15, 0.2) is 0 Å². The van der Waals surface area contributed by atoms with Crippen LogP contribution >= 0.6 is 0 Å². The lowest BCUT2D eigenvalue weighted by atomic mass is 9.90. The first-order chi connectivity index (χ1) is 8.96. The number of rotatable bonds is 4. The zero-order valence-electron chi connectivity index (χ0n) is 12.1. The average Bonchev–Trinajstić information content (AvgIpc) is 2.37. The molecule has 0 aromatic carbocycles. The first-order valence-electron chi connectivity index (χ1n) is 6.61. The van der Waals surface area contributed by atoms with Gasteiger partial charge in [-0.3, -0.25) is 9.69 Å². The molecule has 0 spiro atoms. The third kappa shape index (κ3) is 5.06. The zero-order chi connectivity index (χ0) is 14.4. The molecule has 0 aliphatic carbocycles. The van der Waals surface area contributed by atoms with E-state index >= 15 is 0 Å². The SMILES string of the molecule is COC(=O)CC1CC(NC(=O)OC)CN(C(C)C)C1. The van der Waals surface area contributed by atoms with Crippen LogP contribution in [0, 0.1) is 5.92 Å². The Morgan fingerprint density at radius 2 is 1.95 bits per heavy atom. The molecule has 1 heterocycles. The first-order valence-corrected chi connectivity index (χ1v) is 6.61. The Bertz CT molecular complexity index is 294. The molecule has 0 saturated carbocycles. The fourth-order valence-corrected chi connectivity index (χ4v) is 2.46. The van der Waals surface area contributed by atoms with Gasteiger partial charge in [-0.2, -0.15) is 0 Å². The number of carbonyl (C=O) groups is 2. The van der Waals surface area contributed by atoms with Crippen molar-refractivity contribution in [1.29, 1.82) is 0 Å². The van der Waals surface area contributed by atoms with Gasteiger partial charge in [0.25, 0.3) is 0 Å². The van der Waals surface area contributed by atoms with Crippen molar-refractivity contribution in [2.75, 3.05) is 27.3 Å². The van der Waals surface area contributed by atoms with Gasteiger partial charge in [0.05, 0.1) is 14.2 Å². The minimum Gasteiger partial charge on any atom is -0.469 e. The van der Waals surface area contributed by atoms with Crippen molar-refractivity contribution >= 4 is 12.1 Å². The van der Waals surface area contributed by atoms with Gasteiger partial charge < -0.3 is 14.8 Å². The van der Waals surface area contributed by atoms with Crippen LogP contribution in [0.25, 0.3) is 0 Å². The van der Waals surface area contributed by atoms with E-state index in [1.807, 2.05) is 0 Å². The number of hydrogen-bond acceptors (Lipinski definition) is 5. The lowest BCUT2D eigenvalue weighted by Crippen LogP contribution is -2.53. The topological polar surface area (TPSA) is 67.9 Å². The monoisotopic (exact) mass is 272 g/mol. The molecule has 0 aromatic heterocycles. The Hall–Kier alpha value is -1.30. The minimum absolute atomic E-state index is 0.0123. The number of nitrogens with one attached hydrogen (secondary N) is 1. The summed E-state index contributed by atoms with van der Waals surface area (Å²) in [5.41, 5.74) is 0. The quantitative estimate of drug-likeness (QED) is 0.773. The molecule has 110 valence electrons. The highest BCUT2D eigenvalue weighted by Gasteiger charge is 2.31. The lowest BCUT2D eigenvalue weighted by molar-refractivity contribution is -0.142. The summed E-state index contributed by atoms with van der Waals surface area (Å²) in [6.45, 7) is 5.85. The van der Waals surface area contributed by atoms with E-state index in [1.165, 1.54) is 14.2 Å². The number of amides is 1. The number of ether oxygens (including phenoxy) is 2. The lowest BCUT2D eigenvalue weighted by Gasteiger charge is -2.39. The van der Waals surface area contributed by atoms with Gasteiger partial charge in [0, 0.05) is 31.6 Å². The van der Waals surface area contributed by atoms with E-state index in [4.69, 9.17) is 4.74 Å². The Kier molecular flexibility index (Phi) is 6.08. The molecule has 6 nitrogen and oxygen atoms in total. The summed E-state index contributed by atoms with van der Waals surface area (Å²) in [7, 11) is 2.75. The number of hydrogen-bond donors (Lipinski definition) is 1. The molecule has 0 bridgehead atoms. The van der Waals surface area contributed by atoms with E-state index in [2.05, 4.69) is 28.8 Å². The predicted octanol–water partition coefficient (Wildman–Crippen LogP) is 1.00. The second-order valence-corrected chi connectivity index (χ2v) is 5.26. The Morgan fingerprint density at radius 1 is 1.26 bits per heavy atom. The zero-order valence-corrected chi connectivity index (χ0v) is 12.1. The average molecular weight is 272 g/mol. The summed E-state index contributed by atoms with van der Waals surface area (Å²) in [6.07, 6.45) is 0.736. The first kappa shape index (κ1) is 15.8. The number of methoxy groups -OCH3 is 2. The molecule has 2 atom stereocenters. The molecule has 1 saturated heterocycles. The van der Waals surface area contributed by atoms with Crippen molar-refractivity contribution in [2.45, 2.75) is 38.8 Å². The highest BCUT2D eigenvalue weighted by molar-refractivity contribution is 5.69. The molecule has 0 radical (unpaired) electrons. The fraction of sp³-hybridized carbons (Fsp3) is 0.846. The summed E-state index contributed by atoms with van der Waals surface area (Å²) in [4.78, 5) is 24.9. The van der Waals surface area contributed by atoms with Crippen LogP contribution in [0.15, 0.2) is 0 Å². The predicted molar refractivity (Wildman–Crippen MR) is 70.8 cm³/mol. The third-order valence-electron chi connectivity index (χ3n) is 3.49. The highest BCUT2D eigenvalue weighted by atomic mass is 16.5. The highest BCUT2D eigenvalue weighted by Crippen LogP contribution is 2.22. The smallest absolute Gasteiger partial charge is 0.407 e. The number of piperidine rings is 1. The van der Waals surface area contributed by atoms with E-state index in [-0.39, 0.29) is 17.9 Å². The van der Waals surface area contributed by atoms with Gasteiger partial charge in [-0.05, 0) is 26.2 Å². The molecular formula is C13H24N2O4. The van der Waals surface area contributed by atoms with E-state index in [0.717, 1.165) is 19.5 Å². The molecule has 19 heavy (non-hydrogen) atoms. The number of esters is 1. The summed E-state index contributed by atoms with van der Waals surface area (Å²) in [6, 6.07) is 0.389. The summed E-state index contributed by atoms with van der Waals surface area (Å²) < 4.78 is 9.34. The van der Waals surface area contributed by atoms with E-state index in [0.29, 0.717) is 12.5 Å². The summed E-state index contributed by atoms with van der Waals surface area (Å²) in [5.74, 6) is -0.00168. The van der Waals surface area contributed by atoms with Gasteiger partial charge in [-0.1, -0.05) is 0 Å². The second kappa shape index (κ2) is 7.33. The van der Waals surface area contributed by atoms with Crippen LogP contribution in [-0.4, -0.2) is 56.4 Å². The number of likely N-dealkylation sites (tertiary alicyclic amines) is 1. The van der Waals surface area contributed by atoms with Crippen LogP contribution in [0.1, 0.15) is 26.7 Å². The van der Waals surface area contributed by atoms with Gasteiger partial charge in [-0.25, -0.2) is 4.79 Å². The molecule has 1 aliphatic rings. The molecular weight excluding hydrogens is 248 g/mol. The molecule has 1 fully saturated rings. The van der Waals surface area contributed by atoms with Crippen LogP contribution in [0.3, 0.4) is 0 Å². The molecule has 1 aliphatic heterocycles. The molecule has 1 amide bonds.